The fourth-order valence-electron chi connectivity index (χ4n) is 1.11. The molecule has 0 bridgehead atoms. The molecule has 0 amide bonds. The van der Waals surface area contributed by atoms with Crippen molar-refractivity contribution in [3.8, 4) is 0 Å². The van der Waals surface area contributed by atoms with Gasteiger partial charge in [-0.2, -0.15) is 0 Å². The van der Waals surface area contributed by atoms with Gasteiger partial charge >= 0.3 is 5.97 Å². The van der Waals surface area contributed by atoms with Crippen LogP contribution in [0.2, 0.25) is 0 Å². The Morgan fingerprint density at radius 1 is 1.33 bits per heavy atom. The van der Waals surface area contributed by atoms with E-state index in [2.05, 4.69) is 0 Å². The average Bonchev–Trinajstić information content (AvgIpc) is 2.17. The molecule has 1 aromatic rings. The fraction of sp³-hybridized carbons (Fsp3) is 0.273. The van der Waals surface area contributed by atoms with E-state index in [9.17, 15) is 9.59 Å². The number of thioether (sulfide) groups is 1. The van der Waals surface area contributed by atoms with Crippen molar-refractivity contribution in [1.82, 2.24) is 0 Å². The van der Waals surface area contributed by atoms with Gasteiger partial charge in [-0.25, -0.2) is 0 Å². The molecule has 0 saturated carbocycles. The molecular weight excluding hydrogens is 212 g/mol. The molecule has 0 saturated heterocycles. The van der Waals surface area contributed by atoms with Gasteiger partial charge in [-0.15, -0.1) is 0 Å². The lowest BCUT2D eigenvalue weighted by atomic mass is 10.2. The second-order valence-corrected chi connectivity index (χ2v) is 4.59. The number of carbonyl (C=O) groups excluding carboxylic acids is 1. The third-order valence-electron chi connectivity index (χ3n) is 1.78. The zero-order valence-corrected chi connectivity index (χ0v) is 9.16. The molecule has 1 aromatic carbocycles. The molecule has 80 valence electrons. The van der Waals surface area contributed by atoms with Crippen LogP contribution in [-0.4, -0.2) is 21.4 Å². The van der Waals surface area contributed by atoms with Gasteiger partial charge in [-0.3, -0.25) is 9.59 Å². The first-order valence-corrected chi connectivity index (χ1v) is 5.45. The van der Waals surface area contributed by atoms with Gasteiger partial charge in [0.25, 0.3) is 0 Å². The summed E-state index contributed by atoms with van der Waals surface area (Å²) in [6, 6.07) is 8.86. The predicted octanol–water partition coefficient (Wildman–Crippen LogP) is 2.42. The quantitative estimate of drug-likeness (QED) is 0.853. The lowest BCUT2D eigenvalue weighted by molar-refractivity contribution is -0.136. The van der Waals surface area contributed by atoms with Crippen LogP contribution < -0.4 is 0 Å². The number of hydrogen-bond acceptors (Lipinski definition) is 3. The molecule has 0 aromatic heterocycles. The van der Waals surface area contributed by atoms with E-state index in [0.717, 1.165) is 11.8 Å². The maximum atomic E-state index is 11.6. The largest absolute Gasteiger partial charge is 0.481 e. The van der Waals surface area contributed by atoms with Gasteiger partial charge in [0.15, 0.2) is 0 Å². The summed E-state index contributed by atoms with van der Waals surface area (Å²) in [6.45, 7) is 1.74. The molecule has 4 heteroatoms. The summed E-state index contributed by atoms with van der Waals surface area (Å²) in [5.74, 6) is -0.879. The topological polar surface area (TPSA) is 54.4 Å². The lowest BCUT2D eigenvalue weighted by Gasteiger charge is -2.06. The second-order valence-electron chi connectivity index (χ2n) is 3.18. The van der Waals surface area contributed by atoms with Crippen molar-refractivity contribution in [2.45, 2.75) is 18.6 Å². The molecule has 1 N–H and O–H groups in total. The molecule has 0 aliphatic rings. The predicted molar refractivity (Wildman–Crippen MR) is 60.1 cm³/mol. The molecule has 0 aliphatic carbocycles. The van der Waals surface area contributed by atoms with E-state index in [1.165, 1.54) is 0 Å². The number of carboxylic acids is 1. The summed E-state index contributed by atoms with van der Waals surface area (Å²) in [4.78, 5) is 22.0. The van der Waals surface area contributed by atoms with Crippen LogP contribution in [0, 0.1) is 0 Å². The second kappa shape index (κ2) is 5.56. The van der Waals surface area contributed by atoms with Crippen molar-refractivity contribution in [3.05, 3.63) is 35.9 Å². The van der Waals surface area contributed by atoms with E-state index in [4.69, 9.17) is 5.11 Å². The molecule has 3 nitrogen and oxygen atoms in total. The molecular formula is C11H12O3S. The van der Waals surface area contributed by atoms with Crippen LogP contribution in [0.5, 0.6) is 0 Å². The van der Waals surface area contributed by atoms with Crippen molar-refractivity contribution in [3.63, 3.8) is 0 Å². The van der Waals surface area contributed by atoms with Crippen molar-refractivity contribution in [1.29, 1.82) is 0 Å². The minimum atomic E-state index is -0.879. The molecule has 0 heterocycles. The zero-order valence-electron chi connectivity index (χ0n) is 8.34. The first-order chi connectivity index (χ1) is 7.09. The zero-order chi connectivity index (χ0) is 11.3. The number of carbonyl (C=O) groups is 2. The van der Waals surface area contributed by atoms with E-state index in [-0.39, 0.29) is 16.8 Å². The molecule has 0 spiro atoms. The van der Waals surface area contributed by atoms with Gasteiger partial charge in [0, 0.05) is 10.8 Å². The van der Waals surface area contributed by atoms with Gasteiger partial charge in [0.1, 0.15) is 0 Å². The molecule has 15 heavy (non-hydrogen) atoms. The van der Waals surface area contributed by atoms with E-state index in [0.29, 0.717) is 5.56 Å². The van der Waals surface area contributed by atoms with Crippen LogP contribution in [0.4, 0.5) is 0 Å². The maximum absolute atomic E-state index is 11.6. The highest BCUT2D eigenvalue weighted by atomic mass is 32.2. The molecule has 0 aliphatic heterocycles. The smallest absolute Gasteiger partial charge is 0.304 e. The van der Waals surface area contributed by atoms with Crippen molar-refractivity contribution in [2.75, 3.05) is 0 Å². The van der Waals surface area contributed by atoms with Gasteiger partial charge in [-0.1, -0.05) is 49.0 Å². The summed E-state index contributed by atoms with van der Waals surface area (Å²) >= 11 is 1.06. The Labute approximate surface area is 92.5 Å². The van der Waals surface area contributed by atoms with Crippen molar-refractivity contribution < 1.29 is 14.7 Å². The number of rotatable bonds is 4. The fourth-order valence-corrected chi connectivity index (χ4v) is 1.98. The Balaban J connectivity index is 2.53. The summed E-state index contributed by atoms with van der Waals surface area (Å²) in [5, 5.41) is 8.26. The first kappa shape index (κ1) is 11.8. The third kappa shape index (κ3) is 4.16. The van der Waals surface area contributed by atoms with Gasteiger partial charge in [0.2, 0.25) is 5.12 Å². The van der Waals surface area contributed by atoms with Crippen molar-refractivity contribution >= 4 is 22.8 Å². The van der Waals surface area contributed by atoms with Gasteiger partial charge in [0.05, 0.1) is 6.42 Å². The Bertz CT molecular complexity index is 348. The Morgan fingerprint density at radius 3 is 2.47 bits per heavy atom. The summed E-state index contributed by atoms with van der Waals surface area (Å²) in [7, 11) is 0. The summed E-state index contributed by atoms with van der Waals surface area (Å²) in [5.41, 5.74) is 0.611. The van der Waals surface area contributed by atoms with E-state index < -0.39 is 5.97 Å². The van der Waals surface area contributed by atoms with Gasteiger partial charge in [-0.05, 0) is 0 Å². The SMILES string of the molecule is CC(CC(=O)O)SC(=O)c1ccccc1. The normalized spacial score (nSPS) is 12.1. The Hall–Kier alpha value is -1.29. The molecule has 0 fully saturated rings. The minimum Gasteiger partial charge on any atom is -0.481 e. The molecule has 1 rings (SSSR count). The Kier molecular flexibility index (Phi) is 4.37. The highest BCUT2D eigenvalue weighted by molar-refractivity contribution is 8.14. The third-order valence-corrected chi connectivity index (χ3v) is 2.80. The van der Waals surface area contributed by atoms with Crippen LogP contribution in [0.25, 0.3) is 0 Å². The van der Waals surface area contributed by atoms with Crippen LogP contribution in [0.1, 0.15) is 23.7 Å². The van der Waals surface area contributed by atoms with Crippen LogP contribution in [0.15, 0.2) is 30.3 Å². The molecule has 1 unspecified atom stereocenters. The summed E-state index contributed by atoms with van der Waals surface area (Å²) in [6.07, 6.45) is 0.00321. The van der Waals surface area contributed by atoms with Gasteiger partial charge < -0.3 is 5.11 Å². The first-order valence-electron chi connectivity index (χ1n) is 4.57. The molecule has 0 radical (unpaired) electrons. The number of hydrogen-bond donors (Lipinski definition) is 1. The van der Waals surface area contributed by atoms with Crippen molar-refractivity contribution in [2.24, 2.45) is 0 Å². The van der Waals surface area contributed by atoms with Crippen LogP contribution in [-0.2, 0) is 4.79 Å². The number of carboxylic acid groups (broad SMARTS) is 1. The summed E-state index contributed by atoms with van der Waals surface area (Å²) < 4.78 is 0. The van der Waals surface area contributed by atoms with Crippen LogP contribution in [0.3, 0.4) is 0 Å². The molecule has 1 atom stereocenters. The highest BCUT2D eigenvalue weighted by Gasteiger charge is 2.14. The number of aliphatic carboxylic acids is 1. The highest BCUT2D eigenvalue weighted by Crippen LogP contribution is 2.19. The van der Waals surface area contributed by atoms with Crippen LogP contribution >= 0.6 is 11.8 Å². The lowest BCUT2D eigenvalue weighted by Crippen LogP contribution is -2.08. The monoisotopic (exact) mass is 224 g/mol. The Morgan fingerprint density at radius 2 is 1.93 bits per heavy atom. The standard InChI is InChI=1S/C11H12O3S/c1-8(7-10(12)13)15-11(14)9-5-3-2-4-6-9/h2-6,8H,7H2,1H3,(H,12,13). The van der Waals surface area contributed by atoms with E-state index in [1.807, 2.05) is 6.07 Å². The van der Waals surface area contributed by atoms with E-state index >= 15 is 0 Å². The average molecular weight is 224 g/mol. The number of benzene rings is 1. The minimum absolute atomic E-state index is 0.00321. The van der Waals surface area contributed by atoms with E-state index in [1.54, 1.807) is 31.2 Å². The maximum Gasteiger partial charge on any atom is 0.304 e.